The highest BCUT2D eigenvalue weighted by molar-refractivity contribution is 6.33. The van der Waals surface area contributed by atoms with Crippen molar-refractivity contribution in [3.05, 3.63) is 29.3 Å². The minimum Gasteiger partial charge on any atom is -0.323 e. The summed E-state index contributed by atoms with van der Waals surface area (Å²) in [4.78, 5) is 17.3. The molecule has 0 saturated carbocycles. The third-order valence-corrected chi connectivity index (χ3v) is 6.06. The molecule has 3 rings (SSSR count). The number of anilines is 1. The molecule has 1 amide bonds. The molecule has 0 aromatic heterocycles. The summed E-state index contributed by atoms with van der Waals surface area (Å²) < 4.78 is 0. The van der Waals surface area contributed by atoms with E-state index in [2.05, 4.69) is 22.2 Å². The van der Waals surface area contributed by atoms with Gasteiger partial charge in [-0.25, -0.2) is 0 Å². The Kier molecular flexibility index (Phi) is 4.95. The van der Waals surface area contributed by atoms with E-state index in [0.29, 0.717) is 16.2 Å². The number of amides is 1. The first-order chi connectivity index (χ1) is 11.0. The van der Waals surface area contributed by atoms with Gasteiger partial charge in [0.25, 0.3) is 0 Å². The number of piperidine rings is 1. The fourth-order valence-corrected chi connectivity index (χ4v) is 4.18. The van der Waals surface area contributed by atoms with Gasteiger partial charge in [-0.2, -0.15) is 0 Å². The third-order valence-electron chi connectivity index (χ3n) is 5.73. The average Bonchev–Trinajstić information content (AvgIpc) is 2.90. The van der Waals surface area contributed by atoms with Gasteiger partial charge in [0, 0.05) is 18.6 Å². The molecule has 1 N–H and O–H groups in total. The Morgan fingerprint density at radius 1 is 1.22 bits per heavy atom. The van der Waals surface area contributed by atoms with Gasteiger partial charge in [0.15, 0.2) is 0 Å². The van der Waals surface area contributed by atoms with Crippen LogP contribution in [-0.4, -0.2) is 54.0 Å². The van der Waals surface area contributed by atoms with E-state index in [4.69, 9.17) is 11.6 Å². The number of hydrogen-bond acceptors (Lipinski definition) is 3. The molecule has 1 aromatic carbocycles. The van der Waals surface area contributed by atoms with Gasteiger partial charge in [0.05, 0.1) is 16.8 Å². The lowest BCUT2D eigenvalue weighted by molar-refractivity contribution is -0.121. The van der Waals surface area contributed by atoms with Gasteiger partial charge < -0.3 is 10.2 Å². The summed E-state index contributed by atoms with van der Waals surface area (Å²) in [6.07, 6.45) is 4.93. The molecule has 2 fully saturated rings. The van der Waals surface area contributed by atoms with Gasteiger partial charge >= 0.3 is 0 Å². The van der Waals surface area contributed by atoms with Gasteiger partial charge in [0.2, 0.25) is 5.91 Å². The number of para-hydroxylation sites is 1. The van der Waals surface area contributed by atoms with Crippen LogP contribution in [0.1, 0.15) is 32.6 Å². The molecule has 0 radical (unpaired) electrons. The SMILES string of the molecule is C[C@@H](C(=O)Nc1ccccc1Cl)N1CCC2(CCCN2C)CC1. The molecule has 1 atom stereocenters. The number of carbonyl (C=O) groups is 1. The third kappa shape index (κ3) is 3.39. The number of nitrogens with zero attached hydrogens (tertiary/aromatic N) is 2. The average molecular weight is 336 g/mol. The zero-order valence-electron chi connectivity index (χ0n) is 14.0. The smallest absolute Gasteiger partial charge is 0.241 e. The molecule has 1 spiro atoms. The van der Waals surface area contributed by atoms with Crippen LogP contribution in [0.2, 0.25) is 5.02 Å². The zero-order valence-corrected chi connectivity index (χ0v) is 14.8. The van der Waals surface area contributed by atoms with E-state index in [-0.39, 0.29) is 11.9 Å². The van der Waals surface area contributed by atoms with Gasteiger partial charge in [-0.1, -0.05) is 23.7 Å². The van der Waals surface area contributed by atoms with Crippen molar-refractivity contribution in [2.24, 2.45) is 0 Å². The molecule has 2 aliphatic rings. The van der Waals surface area contributed by atoms with Crippen molar-refractivity contribution < 1.29 is 4.79 Å². The molecule has 5 heteroatoms. The van der Waals surface area contributed by atoms with Crippen LogP contribution in [-0.2, 0) is 4.79 Å². The first-order valence-corrected chi connectivity index (χ1v) is 8.90. The number of likely N-dealkylation sites (tertiary alicyclic amines) is 2. The van der Waals surface area contributed by atoms with Gasteiger partial charge in [-0.15, -0.1) is 0 Å². The Labute approximate surface area is 143 Å². The molecule has 2 aliphatic heterocycles. The number of rotatable bonds is 3. The van der Waals surface area contributed by atoms with Crippen molar-refractivity contribution >= 4 is 23.2 Å². The lowest BCUT2D eigenvalue weighted by Gasteiger charge is -2.45. The van der Waals surface area contributed by atoms with Crippen LogP contribution in [0.15, 0.2) is 24.3 Å². The van der Waals surface area contributed by atoms with E-state index in [1.165, 1.54) is 19.4 Å². The van der Waals surface area contributed by atoms with Crippen molar-refractivity contribution in [2.75, 3.05) is 32.0 Å². The monoisotopic (exact) mass is 335 g/mol. The largest absolute Gasteiger partial charge is 0.323 e. The first kappa shape index (κ1) is 16.7. The predicted octanol–water partition coefficient (Wildman–Crippen LogP) is 3.23. The molecule has 0 unspecified atom stereocenters. The van der Waals surface area contributed by atoms with Crippen LogP contribution in [0, 0.1) is 0 Å². The van der Waals surface area contributed by atoms with E-state index in [0.717, 1.165) is 25.9 Å². The highest BCUT2D eigenvalue weighted by Crippen LogP contribution is 2.37. The zero-order chi connectivity index (χ0) is 16.4. The molecule has 126 valence electrons. The summed E-state index contributed by atoms with van der Waals surface area (Å²) in [6, 6.07) is 7.25. The van der Waals surface area contributed by atoms with Crippen molar-refractivity contribution in [2.45, 2.75) is 44.2 Å². The second-order valence-electron chi connectivity index (χ2n) is 6.93. The van der Waals surface area contributed by atoms with E-state index in [9.17, 15) is 4.79 Å². The quantitative estimate of drug-likeness (QED) is 0.921. The Bertz CT molecular complexity index is 569. The van der Waals surface area contributed by atoms with E-state index < -0.39 is 0 Å². The highest BCUT2D eigenvalue weighted by atomic mass is 35.5. The van der Waals surface area contributed by atoms with E-state index in [1.54, 1.807) is 6.07 Å². The fourth-order valence-electron chi connectivity index (χ4n) is 4.00. The van der Waals surface area contributed by atoms with E-state index in [1.807, 2.05) is 25.1 Å². The number of nitrogens with one attached hydrogen (secondary N) is 1. The second-order valence-corrected chi connectivity index (χ2v) is 7.34. The lowest BCUT2D eigenvalue weighted by Crippen LogP contribution is -2.54. The first-order valence-electron chi connectivity index (χ1n) is 8.52. The second kappa shape index (κ2) is 6.80. The maximum atomic E-state index is 12.5. The topological polar surface area (TPSA) is 35.6 Å². The summed E-state index contributed by atoms with van der Waals surface area (Å²) in [6.45, 7) is 5.17. The molecule has 0 bridgehead atoms. The van der Waals surface area contributed by atoms with Crippen LogP contribution in [0.5, 0.6) is 0 Å². The standard InChI is InChI=1S/C18H26ClN3O/c1-14(17(23)20-16-7-4-3-6-15(16)19)22-12-9-18(10-13-22)8-5-11-21(18)2/h3-4,6-7,14H,5,8-13H2,1-2H3,(H,20,23)/t14-/m0/s1. The number of hydrogen-bond donors (Lipinski definition) is 1. The lowest BCUT2D eigenvalue weighted by atomic mass is 9.85. The number of halogens is 1. The van der Waals surface area contributed by atoms with Gasteiger partial charge in [-0.3, -0.25) is 9.69 Å². The normalized spacial score (nSPS) is 23.1. The highest BCUT2D eigenvalue weighted by Gasteiger charge is 2.42. The maximum Gasteiger partial charge on any atom is 0.241 e. The molecule has 1 aromatic rings. The Morgan fingerprint density at radius 2 is 1.91 bits per heavy atom. The molecule has 2 heterocycles. The summed E-state index contributed by atoms with van der Waals surface area (Å²) in [5.41, 5.74) is 1.07. The van der Waals surface area contributed by atoms with Crippen molar-refractivity contribution in [1.29, 1.82) is 0 Å². The van der Waals surface area contributed by atoms with Crippen molar-refractivity contribution in [1.82, 2.24) is 9.80 Å². The van der Waals surface area contributed by atoms with Crippen LogP contribution >= 0.6 is 11.6 Å². The Morgan fingerprint density at radius 3 is 2.52 bits per heavy atom. The predicted molar refractivity (Wildman–Crippen MR) is 94.9 cm³/mol. The summed E-state index contributed by atoms with van der Waals surface area (Å²) in [5.74, 6) is 0.0221. The summed E-state index contributed by atoms with van der Waals surface area (Å²) in [5, 5.41) is 3.54. The number of benzene rings is 1. The van der Waals surface area contributed by atoms with Crippen LogP contribution in [0.4, 0.5) is 5.69 Å². The molecular weight excluding hydrogens is 310 g/mol. The molecule has 2 saturated heterocycles. The van der Waals surface area contributed by atoms with Crippen molar-refractivity contribution in [3.8, 4) is 0 Å². The van der Waals surface area contributed by atoms with Gasteiger partial charge in [-0.05, 0) is 58.3 Å². The molecule has 0 aliphatic carbocycles. The Hall–Kier alpha value is -1.10. The molecular formula is C18H26ClN3O. The molecule has 4 nitrogen and oxygen atoms in total. The van der Waals surface area contributed by atoms with Crippen molar-refractivity contribution in [3.63, 3.8) is 0 Å². The minimum absolute atomic E-state index is 0.0221. The summed E-state index contributed by atoms with van der Waals surface area (Å²) >= 11 is 6.12. The molecule has 23 heavy (non-hydrogen) atoms. The van der Waals surface area contributed by atoms with E-state index >= 15 is 0 Å². The van der Waals surface area contributed by atoms with Gasteiger partial charge in [0.1, 0.15) is 0 Å². The van der Waals surface area contributed by atoms with Crippen LogP contribution < -0.4 is 5.32 Å². The minimum atomic E-state index is -0.129. The fraction of sp³-hybridized carbons (Fsp3) is 0.611. The van der Waals surface area contributed by atoms with Crippen LogP contribution in [0.3, 0.4) is 0 Å². The van der Waals surface area contributed by atoms with Crippen LogP contribution in [0.25, 0.3) is 0 Å². The Balaban J connectivity index is 1.58. The summed E-state index contributed by atoms with van der Waals surface area (Å²) in [7, 11) is 2.25. The maximum absolute atomic E-state index is 12.5. The number of carbonyl (C=O) groups excluding carboxylic acids is 1.